The lowest BCUT2D eigenvalue weighted by Crippen LogP contribution is -2.31. The largest absolute Gasteiger partial charge is 0.511 e. The number of aromatic hydroxyl groups is 1. The molecule has 0 radical (unpaired) electrons. The third-order valence-electron chi connectivity index (χ3n) is 5.66. The number of likely N-dealkylation sites (N-methyl/N-ethyl adjacent to an activating group) is 1. The Hall–Kier alpha value is -3.20. The van der Waals surface area contributed by atoms with Crippen LogP contribution < -0.4 is 20.5 Å². The number of hydrogen-bond donors (Lipinski definition) is 4. The number of hydrogen-bond acceptors (Lipinski definition) is 7. The average Bonchev–Trinajstić information content (AvgIpc) is 3.10. The predicted octanol–water partition coefficient (Wildman–Crippen LogP) is 1.91. The molecule has 2 aliphatic rings. The molecule has 1 fully saturated rings. The molecule has 1 unspecified atom stereocenters. The van der Waals surface area contributed by atoms with E-state index in [-0.39, 0.29) is 0 Å². The third kappa shape index (κ3) is 3.49. The Labute approximate surface area is 167 Å². The Kier molecular flexibility index (Phi) is 4.83. The van der Waals surface area contributed by atoms with Crippen molar-refractivity contribution < 1.29 is 19.7 Å². The lowest BCUT2D eigenvalue weighted by molar-refractivity contribution is 0.142. The van der Waals surface area contributed by atoms with E-state index in [9.17, 15) is 14.7 Å². The van der Waals surface area contributed by atoms with Crippen LogP contribution in [-0.4, -0.2) is 66.0 Å². The second-order valence-electron chi connectivity index (χ2n) is 7.61. The molecular weight excluding hydrogens is 376 g/mol. The van der Waals surface area contributed by atoms with Crippen LogP contribution in [0.5, 0.6) is 11.5 Å². The SMILES string of the molecule is CN(C)C1CCN(c2ccc3c(c2)NCCc2c-3[nH]c(=O)c(OC(=O)O)c2O)C1. The number of fused-ring (bicyclic) bond motifs is 3. The zero-order valence-corrected chi connectivity index (χ0v) is 16.4. The van der Waals surface area contributed by atoms with Crippen molar-refractivity contribution in [3.63, 3.8) is 0 Å². The van der Waals surface area contributed by atoms with Crippen LogP contribution in [0.1, 0.15) is 12.0 Å². The quantitative estimate of drug-likeness (QED) is 0.577. The predicted molar refractivity (Wildman–Crippen MR) is 109 cm³/mol. The molecule has 1 saturated heterocycles. The van der Waals surface area contributed by atoms with Gasteiger partial charge in [-0.15, -0.1) is 0 Å². The van der Waals surface area contributed by atoms with E-state index >= 15 is 0 Å². The maximum Gasteiger partial charge on any atom is 0.511 e. The van der Waals surface area contributed by atoms with E-state index in [1.165, 1.54) is 0 Å². The normalized spacial score (nSPS) is 18.0. The van der Waals surface area contributed by atoms with E-state index < -0.39 is 23.2 Å². The molecule has 0 bridgehead atoms. The minimum atomic E-state index is -1.65. The van der Waals surface area contributed by atoms with Gasteiger partial charge in [0.1, 0.15) is 0 Å². The molecule has 0 spiro atoms. The number of benzene rings is 1. The molecule has 1 atom stereocenters. The van der Waals surface area contributed by atoms with Gasteiger partial charge in [0, 0.05) is 48.2 Å². The van der Waals surface area contributed by atoms with Crippen LogP contribution in [0.25, 0.3) is 11.3 Å². The molecular formula is C20H24N4O5. The summed E-state index contributed by atoms with van der Waals surface area (Å²) in [5, 5.41) is 22.6. The number of ether oxygens (including phenoxy) is 1. The molecule has 4 rings (SSSR count). The number of pyridine rings is 1. The number of H-pyrrole nitrogens is 1. The van der Waals surface area contributed by atoms with Crippen molar-refractivity contribution in [1.29, 1.82) is 0 Å². The molecule has 2 aliphatic heterocycles. The van der Waals surface area contributed by atoms with Crippen LogP contribution in [0.3, 0.4) is 0 Å². The summed E-state index contributed by atoms with van der Waals surface area (Å²) >= 11 is 0. The fourth-order valence-corrected chi connectivity index (χ4v) is 4.08. The van der Waals surface area contributed by atoms with Gasteiger partial charge in [0.05, 0.1) is 5.69 Å². The van der Waals surface area contributed by atoms with Crippen molar-refractivity contribution in [3.05, 3.63) is 34.1 Å². The van der Waals surface area contributed by atoms with Gasteiger partial charge < -0.3 is 35.1 Å². The maximum atomic E-state index is 12.3. The molecule has 4 N–H and O–H groups in total. The Morgan fingerprint density at radius 3 is 2.83 bits per heavy atom. The van der Waals surface area contributed by atoms with E-state index in [0.717, 1.165) is 36.4 Å². The highest BCUT2D eigenvalue weighted by Gasteiger charge is 2.27. The summed E-state index contributed by atoms with van der Waals surface area (Å²) in [7, 11) is 4.18. The number of rotatable bonds is 3. The topological polar surface area (TPSA) is 118 Å². The van der Waals surface area contributed by atoms with Crippen LogP contribution in [0, 0.1) is 0 Å². The van der Waals surface area contributed by atoms with Gasteiger partial charge in [-0.25, -0.2) is 4.79 Å². The molecule has 3 heterocycles. The van der Waals surface area contributed by atoms with Gasteiger partial charge in [0.2, 0.25) is 5.75 Å². The summed E-state index contributed by atoms with van der Waals surface area (Å²) in [6.07, 6.45) is -0.137. The van der Waals surface area contributed by atoms with Gasteiger partial charge in [-0.05, 0) is 45.1 Å². The molecule has 29 heavy (non-hydrogen) atoms. The standard InChI is InChI=1S/C20H24N4O5/c1-23(2)12-6-8-24(10-12)11-3-4-13-15(9-11)21-7-5-14-16(13)22-19(26)18(17(14)25)29-20(27)28/h3-4,9,12,21H,5-8,10H2,1-2H3,(H,27,28)(H2,22,25,26). The lowest BCUT2D eigenvalue weighted by atomic mass is 10.0. The summed E-state index contributed by atoms with van der Waals surface area (Å²) in [5.74, 6) is -1.03. The number of aromatic nitrogens is 1. The molecule has 9 heteroatoms. The molecule has 1 aromatic heterocycles. The molecule has 154 valence electrons. The first-order valence-electron chi connectivity index (χ1n) is 9.53. The highest BCUT2D eigenvalue weighted by molar-refractivity contribution is 5.83. The van der Waals surface area contributed by atoms with Crippen molar-refractivity contribution in [3.8, 4) is 22.8 Å². The summed E-state index contributed by atoms with van der Waals surface area (Å²) in [5.41, 5.74) is 2.85. The summed E-state index contributed by atoms with van der Waals surface area (Å²) in [6.45, 7) is 2.46. The van der Waals surface area contributed by atoms with Crippen molar-refractivity contribution in [1.82, 2.24) is 9.88 Å². The number of nitrogens with zero attached hydrogens (tertiary/aromatic N) is 2. The van der Waals surface area contributed by atoms with Gasteiger partial charge in [0.15, 0.2) is 5.75 Å². The zero-order chi connectivity index (χ0) is 20.7. The first-order chi connectivity index (χ1) is 13.8. The first-order valence-corrected chi connectivity index (χ1v) is 9.53. The van der Waals surface area contributed by atoms with Crippen molar-refractivity contribution in [2.75, 3.05) is 43.9 Å². The Balaban J connectivity index is 1.73. The number of anilines is 2. The molecule has 0 amide bonds. The molecule has 2 aromatic rings. The van der Waals surface area contributed by atoms with Crippen molar-refractivity contribution in [2.24, 2.45) is 0 Å². The molecule has 9 nitrogen and oxygen atoms in total. The summed E-state index contributed by atoms with van der Waals surface area (Å²) < 4.78 is 4.48. The smallest absolute Gasteiger partial charge is 0.504 e. The fraction of sp³-hybridized carbons (Fsp3) is 0.400. The van der Waals surface area contributed by atoms with Gasteiger partial charge >= 0.3 is 6.16 Å². The monoisotopic (exact) mass is 400 g/mol. The average molecular weight is 400 g/mol. The number of aromatic amines is 1. The van der Waals surface area contributed by atoms with E-state index in [1.54, 1.807) is 0 Å². The minimum absolute atomic E-state index is 0.407. The Morgan fingerprint density at radius 1 is 1.34 bits per heavy atom. The third-order valence-corrected chi connectivity index (χ3v) is 5.66. The van der Waals surface area contributed by atoms with Crippen LogP contribution in [0.15, 0.2) is 23.0 Å². The van der Waals surface area contributed by atoms with Crippen LogP contribution in [-0.2, 0) is 6.42 Å². The van der Waals surface area contributed by atoms with E-state index in [0.29, 0.717) is 30.3 Å². The second kappa shape index (κ2) is 7.32. The summed E-state index contributed by atoms with van der Waals surface area (Å²) in [6, 6.07) is 6.49. The maximum absolute atomic E-state index is 12.3. The molecule has 0 aliphatic carbocycles. The van der Waals surface area contributed by atoms with Crippen LogP contribution in [0.4, 0.5) is 16.2 Å². The highest BCUT2D eigenvalue weighted by Crippen LogP contribution is 2.40. The Morgan fingerprint density at radius 2 is 2.14 bits per heavy atom. The number of carbonyl (C=O) groups is 1. The summed E-state index contributed by atoms with van der Waals surface area (Å²) in [4.78, 5) is 30.4. The lowest BCUT2D eigenvalue weighted by Gasteiger charge is -2.23. The zero-order valence-electron chi connectivity index (χ0n) is 16.4. The second-order valence-corrected chi connectivity index (χ2v) is 7.61. The minimum Gasteiger partial charge on any atom is -0.504 e. The molecule has 0 saturated carbocycles. The van der Waals surface area contributed by atoms with Crippen molar-refractivity contribution in [2.45, 2.75) is 18.9 Å². The number of carboxylic acid groups (broad SMARTS) is 1. The van der Waals surface area contributed by atoms with Crippen LogP contribution in [0.2, 0.25) is 0 Å². The van der Waals surface area contributed by atoms with Gasteiger partial charge in [0.25, 0.3) is 5.56 Å². The number of nitrogens with one attached hydrogen (secondary N) is 2. The van der Waals surface area contributed by atoms with Gasteiger partial charge in [-0.1, -0.05) is 0 Å². The van der Waals surface area contributed by atoms with E-state index in [1.807, 2.05) is 12.1 Å². The fourth-order valence-electron chi connectivity index (χ4n) is 4.08. The van der Waals surface area contributed by atoms with E-state index in [2.05, 4.69) is 45.0 Å². The Bertz CT molecular complexity index is 1020. The van der Waals surface area contributed by atoms with Gasteiger partial charge in [-0.2, -0.15) is 0 Å². The molecule has 1 aromatic carbocycles. The van der Waals surface area contributed by atoms with Crippen LogP contribution >= 0.6 is 0 Å². The van der Waals surface area contributed by atoms with Gasteiger partial charge in [-0.3, -0.25) is 4.79 Å². The van der Waals surface area contributed by atoms with Crippen molar-refractivity contribution >= 4 is 17.5 Å². The first kappa shape index (κ1) is 19.1. The van der Waals surface area contributed by atoms with E-state index in [4.69, 9.17) is 5.11 Å². The highest BCUT2D eigenvalue weighted by atomic mass is 16.7.